The topological polar surface area (TPSA) is 76.7 Å². The summed E-state index contributed by atoms with van der Waals surface area (Å²) in [6.45, 7) is 7.82. The van der Waals surface area contributed by atoms with Crippen LogP contribution < -0.4 is 10.6 Å². The van der Waals surface area contributed by atoms with Crippen LogP contribution in [-0.4, -0.2) is 43.9 Å². The minimum atomic E-state index is -0.650. The molecule has 0 aromatic heterocycles. The smallest absolute Gasteiger partial charge is 0.407 e. The van der Waals surface area contributed by atoms with Gasteiger partial charge in [0.1, 0.15) is 11.4 Å². The summed E-state index contributed by atoms with van der Waals surface area (Å²) in [4.78, 5) is 24.9. The number of esters is 1. The highest BCUT2D eigenvalue weighted by atomic mass is 35.5. The molecule has 0 aliphatic carbocycles. The van der Waals surface area contributed by atoms with Crippen LogP contribution >= 0.6 is 11.6 Å². The molecule has 0 unspecified atom stereocenters. The van der Waals surface area contributed by atoms with E-state index in [0.29, 0.717) is 35.5 Å². The molecule has 0 radical (unpaired) electrons. The Labute approximate surface area is 206 Å². The molecule has 0 bridgehead atoms. The molecule has 2 N–H and O–H groups in total. The maximum Gasteiger partial charge on any atom is 0.407 e. The molecule has 0 fully saturated rings. The number of carbonyl (C=O) groups is 2. The summed E-state index contributed by atoms with van der Waals surface area (Å²) in [6, 6.07) is 11.4. The van der Waals surface area contributed by atoms with Gasteiger partial charge in [-0.15, -0.1) is 0 Å². The van der Waals surface area contributed by atoms with Crippen LogP contribution in [0.1, 0.15) is 39.7 Å². The number of amides is 1. The van der Waals surface area contributed by atoms with Gasteiger partial charge in [0.2, 0.25) is 0 Å². The second-order valence-corrected chi connectivity index (χ2v) is 9.55. The number of ether oxygens (including phenoxy) is 2. The highest BCUT2D eigenvalue weighted by molar-refractivity contribution is 6.30. The molecule has 1 amide bonds. The van der Waals surface area contributed by atoms with Crippen LogP contribution in [0.4, 0.5) is 9.18 Å². The van der Waals surface area contributed by atoms with E-state index in [-0.39, 0.29) is 24.4 Å². The zero-order valence-electron chi connectivity index (χ0n) is 20.4. The summed E-state index contributed by atoms with van der Waals surface area (Å²) in [5.41, 5.74) is 1.38. The van der Waals surface area contributed by atoms with Gasteiger partial charge in [0.15, 0.2) is 0 Å². The lowest BCUT2D eigenvalue weighted by Crippen LogP contribution is -2.43. The Morgan fingerprint density at radius 1 is 1.12 bits per heavy atom. The first kappa shape index (κ1) is 27.6. The highest BCUT2D eigenvalue weighted by Crippen LogP contribution is 2.27. The molecule has 0 heterocycles. The molecule has 0 spiro atoms. The fourth-order valence-electron chi connectivity index (χ4n) is 3.60. The number of nitrogens with one attached hydrogen (secondary N) is 2. The lowest BCUT2D eigenvalue weighted by Gasteiger charge is -2.26. The van der Waals surface area contributed by atoms with E-state index in [4.69, 9.17) is 21.1 Å². The molecule has 0 aliphatic heterocycles. The normalized spacial score (nSPS) is 13.1. The van der Waals surface area contributed by atoms with E-state index in [2.05, 4.69) is 10.6 Å². The van der Waals surface area contributed by atoms with E-state index < -0.39 is 17.6 Å². The lowest BCUT2D eigenvalue weighted by atomic mass is 9.94. The van der Waals surface area contributed by atoms with Crippen molar-refractivity contribution in [3.05, 3.63) is 58.9 Å². The summed E-state index contributed by atoms with van der Waals surface area (Å²) in [5, 5.41) is 6.36. The Morgan fingerprint density at radius 3 is 2.38 bits per heavy atom. The van der Waals surface area contributed by atoms with Crippen LogP contribution in [0.5, 0.6) is 0 Å². The molecule has 0 aliphatic rings. The molecule has 0 saturated carbocycles. The third-order valence-corrected chi connectivity index (χ3v) is 5.27. The van der Waals surface area contributed by atoms with Gasteiger partial charge in [0.25, 0.3) is 0 Å². The number of halogens is 2. The van der Waals surface area contributed by atoms with Crippen molar-refractivity contribution in [3.8, 4) is 11.1 Å². The second kappa shape index (κ2) is 12.7. The number of hydrogen-bond acceptors (Lipinski definition) is 5. The molecule has 0 saturated heterocycles. The maximum absolute atomic E-state index is 14.2. The molecule has 6 nitrogen and oxygen atoms in total. The van der Waals surface area contributed by atoms with Crippen molar-refractivity contribution in [1.82, 2.24) is 10.6 Å². The number of alkyl carbamates (subject to hydrolysis) is 1. The van der Waals surface area contributed by atoms with E-state index in [1.807, 2.05) is 24.3 Å². The SMILES string of the molecule is CCOC(=O)[C@H](CNC)C[C@@H](Cc1ccc(-c2cc(Cl)ccc2F)cc1)NC(=O)OC(C)(C)C. The quantitative estimate of drug-likeness (QED) is 0.436. The summed E-state index contributed by atoms with van der Waals surface area (Å²) in [7, 11) is 1.76. The molecule has 34 heavy (non-hydrogen) atoms. The fourth-order valence-corrected chi connectivity index (χ4v) is 3.78. The second-order valence-electron chi connectivity index (χ2n) is 9.11. The van der Waals surface area contributed by atoms with E-state index in [0.717, 1.165) is 5.56 Å². The van der Waals surface area contributed by atoms with E-state index >= 15 is 0 Å². The Morgan fingerprint density at radius 2 is 1.79 bits per heavy atom. The number of rotatable bonds is 10. The first-order valence-electron chi connectivity index (χ1n) is 11.4. The van der Waals surface area contributed by atoms with Gasteiger partial charge in [-0.2, -0.15) is 0 Å². The molecule has 2 atom stereocenters. The monoisotopic (exact) mass is 492 g/mol. The van der Waals surface area contributed by atoms with Crippen molar-refractivity contribution in [2.75, 3.05) is 20.2 Å². The van der Waals surface area contributed by atoms with E-state index in [9.17, 15) is 14.0 Å². The van der Waals surface area contributed by atoms with E-state index in [1.54, 1.807) is 40.8 Å². The Balaban J connectivity index is 2.23. The van der Waals surface area contributed by atoms with E-state index in [1.165, 1.54) is 12.1 Å². The predicted molar refractivity (Wildman–Crippen MR) is 132 cm³/mol. The van der Waals surface area contributed by atoms with Gasteiger partial charge in [0, 0.05) is 23.2 Å². The average Bonchev–Trinajstić information content (AvgIpc) is 2.74. The van der Waals surface area contributed by atoms with Gasteiger partial charge >= 0.3 is 12.1 Å². The Hall–Kier alpha value is -2.64. The van der Waals surface area contributed by atoms with Crippen molar-refractivity contribution < 1.29 is 23.5 Å². The largest absolute Gasteiger partial charge is 0.466 e. The third kappa shape index (κ3) is 8.95. The Kier molecular flexibility index (Phi) is 10.3. The third-order valence-electron chi connectivity index (χ3n) is 5.04. The van der Waals surface area contributed by atoms with Gasteiger partial charge in [-0.05, 0) is 76.9 Å². The van der Waals surface area contributed by atoms with Crippen molar-refractivity contribution in [2.45, 2.75) is 52.2 Å². The summed E-state index contributed by atoms with van der Waals surface area (Å²) in [5.74, 6) is -1.12. The van der Waals surface area contributed by atoms with Crippen molar-refractivity contribution in [2.24, 2.45) is 5.92 Å². The van der Waals surface area contributed by atoms with Crippen LogP contribution in [0.2, 0.25) is 5.02 Å². The van der Waals surface area contributed by atoms with Crippen LogP contribution in [-0.2, 0) is 20.7 Å². The number of carbonyl (C=O) groups excluding carboxylic acids is 2. The lowest BCUT2D eigenvalue weighted by molar-refractivity contribution is -0.148. The van der Waals surface area contributed by atoms with Gasteiger partial charge < -0.3 is 20.1 Å². The summed E-state index contributed by atoms with van der Waals surface area (Å²) in [6.07, 6.45) is 0.267. The van der Waals surface area contributed by atoms with Gasteiger partial charge in [-0.25, -0.2) is 9.18 Å². The standard InChI is InChI=1S/C26H34ClFN2O4/c1-6-33-24(31)19(16-29-5)14-21(30-25(32)34-26(2,3)4)13-17-7-9-18(10-8-17)22-15-20(27)11-12-23(22)28/h7-12,15,19,21,29H,6,13-14,16H2,1-5H3,(H,30,32)/t19-,21+/m0/s1. The van der Waals surface area contributed by atoms with Crippen LogP contribution in [0.3, 0.4) is 0 Å². The maximum atomic E-state index is 14.2. The Bertz CT molecular complexity index is 960. The number of benzene rings is 2. The first-order chi connectivity index (χ1) is 16.0. The summed E-state index contributed by atoms with van der Waals surface area (Å²) >= 11 is 6.02. The van der Waals surface area contributed by atoms with Crippen LogP contribution in [0.15, 0.2) is 42.5 Å². The highest BCUT2D eigenvalue weighted by Gasteiger charge is 2.27. The molecule has 8 heteroatoms. The number of hydrogen-bond donors (Lipinski definition) is 2. The minimum absolute atomic E-state index is 0.282. The molecule has 2 aromatic carbocycles. The molecular formula is C26H34ClFN2O4. The van der Waals surface area contributed by atoms with Crippen molar-refractivity contribution in [1.29, 1.82) is 0 Å². The molecule has 2 aromatic rings. The predicted octanol–water partition coefficient (Wildman–Crippen LogP) is 5.37. The van der Waals surface area contributed by atoms with Gasteiger partial charge in [0.05, 0.1) is 12.5 Å². The van der Waals surface area contributed by atoms with Crippen molar-refractivity contribution in [3.63, 3.8) is 0 Å². The molecule has 2 rings (SSSR count). The summed E-state index contributed by atoms with van der Waals surface area (Å²) < 4.78 is 24.9. The van der Waals surface area contributed by atoms with Gasteiger partial charge in [-0.1, -0.05) is 35.9 Å². The van der Waals surface area contributed by atoms with Crippen LogP contribution in [0, 0.1) is 11.7 Å². The first-order valence-corrected chi connectivity index (χ1v) is 11.7. The fraction of sp³-hybridized carbons (Fsp3) is 0.462. The zero-order valence-corrected chi connectivity index (χ0v) is 21.2. The minimum Gasteiger partial charge on any atom is -0.466 e. The molecular weight excluding hydrogens is 459 g/mol. The average molecular weight is 493 g/mol. The van der Waals surface area contributed by atoms with Crippen LogP contribution in [0.25, 0.3) is 11.1 Å². The zero-order chi connectivity index (χ0) is 25.3. The van der Waals surface area contributed by atoms with Crippen molar-refractivity contribution >= 4 is 23.7 Å². The van der Waals surface area contributed by atoms with Gasteiger partial charge in [-0.3, -0.25) is 4.79 Å². The molecule has 186 valence electrons.